The Hall–Kier alpha value is -1.36. The fourth-order valence-electron chi connectivity index (χ4n) is 2.28. The van der Waals surface area contributed by atoms with Crippen LogP contribution in [0.1, 0.15) is 29.8 Å². The van der Waals surface area contributed by atoms with Crippen LogP contribution >= 0.6 is 11.6 Å². The Bertz CT molecular complexity index is 550. The second-order valence-electron chi connectivity index (χ2n) is 4.61. The smallest absolute Gasteiger partial charge is 0.0834 e. The van der Waals surface area contributed by atoms with Gasteiger partial charge < -0.3 is 0 Å². The number of aryl methyl sites for hydroxylation is 2. The van der Waals surface area contributed by atoms with E-state index in [1.54, 1.807) is 6.20 Å². The van der Waals surface area contributed by atoms with E-state index in [1.807, 2.05) is 11.6 Å². The van der Waals surface area contributed by atoms with Crippen LogP contribution < -0.4 is 11.3 Å². The Morgan fingerprint density at radius 3 is 2.89 bits per heavy atom. The second kappa shape index (κ2) is 6.19. The summed E-state index contributed by atoms with van der Waals surface area (Å²) < 4.78 is 1.88. The van der Waals surface area contributed by atoms with E-state index in [0.717, 1.165) is 18.7 Å². The normalized spacial score (nSPS) is 12.6. The summed E-state index contributed by atoms with van der Waals surface area (Å²) in [6, 6.07) is 8.34. The molecule has 0 aliphatic carbocycles. The molecule has 0 saturated carbocycles. The SMILES string of the molecule is CCn1ncc(Cl)c1C(Cc1cccc(C)c1)NN. The fourth-order valence-corrected chi connectivity index (χ4v) is 2.55. The third-order valence-electron chi connectivity index (χ3n) is 3.19. The molecule has 1 aromatic heterocycles. The van der Waals surface area contributed by atoms with Crippen molar-refractivity contribution in [2.75, 3.05) is 0 Å². The molecule has 2 aromatic rings. The van der Waals surface area contributed by atoms with Gasteiger partial charge in [0, 0.05) is 6.54 Å². The van der Waals surface area contributed by atoms with Gasteiger partial charge in [-0.15, -0.1) is 0 Å². The standard InChI is InChI=1S/C14H19ClN4/c1-3-19-14(12(15)9-17-19)13(18-16)8-11-6-4-5-10(2)7-11/h4-7,9,13,18H,3,8,16H2,1-2H3. The van der Waals surface area contributed by atoms with Gasteiger partial charge in [0.2, 0.25) is 0 Å². The lowest BCUT2D eigenvalue weighted by Gasteiger charge is -2.18. The molecule has 0 radical (unpaired) electrons. The lowest BCUT2D eigenvalue weighted by molar-refractivity contribution is 0.490. The first-order valence-corrected chi connectivity index (χ1v) is 6.76. The van der Waals surface area contributed by atoms with Crippen LogP contribution in [-0.2, 0) is 13.0 Å². The molecule has 1 atom stereocenters. The first-order chi connectivity index (χ1) is 9.15. The third-order valence-corrected chi connectivity index (χ3v) is 3.48. The van der Waals surface area contributed by atoms with E-state index in [1.165, 1.54) is 11.1 Å². The molecule has 0 bridgehead atoms. The first kappa shape index (κ1) is 14.1. The minimum atomic E-state index is -0.0447. The van der Waals surface area contributed by atoms with Crippen molar-refractivity contribution >= 4 is 11.6 Å². The van der Waals surface area contributed by atoms with Crippen molar-refractivity contribution < 1.29 is 0 Å². The van der Waals surface area contributed by atoms with E-state index in [4.69, 9.17) is 17.4 Å². The summed E-state index contributed by atoms with van der Waals surface area (Å²) in [5, 5.41) is 4.90. The number of halogens is 1. The van der Waals surface area contributed by atoms with Crippen molar-refractivity contribution in [2.45, 2.75) is 32.9 Å². The van der Waals surface area contributed by atoms with Crippen LogP contribution in [0.15, 0.2) is 30.5 Å². The molecule has 0 saturated heterocycles. The van der Waals surface area contributed by atoms with Gasteiger partial charge in [-0.1, -0.05) is 41.4 Å². The highest BCUT2D eigenvalue weighted by molar-refractivity contribution is 6.31. The van der Waals surface area contributed by atoms with Crippen molar-refractivity contribution in [3.8, 4) is 0 Å². The number of rotatable bonds is 5. The quantitative estimate of drug-likeness (QED) is 0.653. The predicted molar refractivity (Wildman–Crippen MR) is 77.9 cm³/mol. The molecule has 0 aliphatic heterocycles. The van der Waals surface area contributed by atoms with Gasteiger partial charge in [-0.2, -0.15) is 5.10 Å². The molecule has 5 heteroatoms. The van der Waals surface area contributed by atoms with E-state index in [2.05, 4.69) is 41.7 Å². The van der Waals surface area contributed by atoms with Crippen LogP contribution in [0.4, 0.5) is 0 Å². The number of benzene rings is 1. The molecule has 19 heavy (non-hydrogen) atoms. The van der Waals surface area contributed by atoms with Gasteiger partial charge in [0.05, 0.1) is 23.0 Å². The highest BCUT2D eigenvalue weighted by Gasteiger charge is 2.19. The molecule has 102 valence electrons. The molecule has 1 heterocycles. The number of nitrogens with two attached hydrogens (primary N) is 1. The number of nitrogens with zero attached hydrogens (tertiary/aromatic N) is 2. The van der Waals surface area contributed by atoms with E-state index >= 15 is 0 Å². The van der Waals surface area contributed by atoms with E-state index in [0.29, 0.717) is 5.02 Å². The Kier molecular flexibility index (Phi) is 4.58. The van der Waals surface area contributed by atoms with Crippen LogP contribution in [0.5, 0.6) is 0 Å². The minimum absolute atomic E-state index is 0.0447. The summed E-state index contributed by atoms with van der Waals surface area (Å²) >= 11 is 6.22. The fraction of sp³-hybridized carbons (Fsp3) is 0.357. The van der Waals surface area contributed by atoms with Gasteiger partial charge >= 0.3 is 0 Å². The molecule has 2 rings (SSSR count). The number of hydrazine groups is 1. The highest BCUT2D eigenvalue weighted by atomic mass is 35.5. The highest BCUT2D eigenvalue weighted by Crippen LogP contribution is 2.25. The zero-order valence-corrected chi connectivity index (χ0v) is 12.0. The van der Waals surface area contributed by atoms with E-state index < -0.39 is 0 Å². The summed E-state index contributed by atoms with van der Waals surface area (Å²) in [7, 11) is 0. The molecular formula is C14H19ClN4. The molecule has 3 N–H and O–H groups in total. The maximum atomic E-state index is 6.22. The topological polar surface area (TPSA) is 55.9 Å². The molecule has 1 aromatic carbocycles. The zero-order chi connectivity index (χ0) is 13.8. The van der Waals surface area contributed by atoms with Crippen molar-refractivity contribution in [3.05, 3.63) is 52.3 Å². The Morgan fingerprint density at radius 2 is 2.26 bits per heavy atom. The molecule has 1 unspecified atom stereocenters. The van der Waals surface area contributed by atoms with Crippen molar-refractivity contribution in [3.63, 3.8) is 0 Å². The van der Waals surface area contributed by atoms with Gasteiger partial charge in [-0.3, -0.25) is 16.0 Å². The summed E-state index contributed by atoms with van der Waals surface area (Å²) in [6.45, 7) is 4.89. The summed E-state index contributed by atoms with van der Waals surface area (Å²) in [5.41, 5.74) is 6.24. The van der Waals surface area contributed by atoms with Crippen LogP contribution in [0.2, 0.25) is 5.02 Å². The molecule has 0 amide bonds. The van der Waals surface area contributed by atoms with Crippen molar-refractivity contribution in [1.29, 1.82) is 0 Å². The van der Waals surface area contributed by atoms with Gasteiger partial charge in [0.25, 0.3) is 0 Å². The van der Waals surface area contributed by atoms with Crippen LogP contribution in [0, 0.1) is 6.92 Å². The Morgan fingerprint density at radius 1 is 1.47 bits per heavy atom. The van der Waals surface area contributed by atoms with Crippen molar-refractivity contribution in [1.82, 2.24) is 15.2 Å². The maximum absolute atomic E-state index is 6.22. The Balaban J connectivity index is 2.27. The lowest BCUT2D eigenvalue weighted by Crippen LogP contribution is -2.31. The Labute approximate surface area is 118 Å². The number of nitrogens with one attached hydrogen (secondary N) is 1. The largest absolute Gasteiger partial charge is 0.271 e. The summed E-state index contributed by atoms with van der Waals surface area (Å²) in [6.07, 6.45) is 2.45. The van der Waals surface area contributed by atoms with E-state index in [-0.39, 0.29) is 6.04 Å². The van der Waals surface area contributed by atoms with Crippen LogP contribution in [0.25, 0.3) is 0 Å². The molecule has 4 nitrogen and oxygen atoms in total. The van der Waals surface area contributed by atoms with Gasteiger partial charge in [-0.05, 0) is 25.8 Å². The number of hydrogen-bond donors (Lipinski definition) is 2. The summed E-state index contributed by atoms with van der Waals surface area (Å²) in [5.74, 6) is 5.69. The first-order valence-electron chi connectivity index (χ1n) is 6.38. The average molecular weight is 279 g/mol. The molecule has 0 spiro atoms. The monoisotopic (exact) mass is 278 g/mol. The average Bonchev–Trinajstić information content (AvgIpc) is 2.77. The lowest BCUT2D eigenvalue weighted by atomic mass is 10.0. The maximum Gasteiger partial charge on any atom is 0.0834 e. The molecular weight excluding hydrogens is 260 g/mol. The second-order valence-corrected chi connectivity index (χ2v) is 5.01. The number of hydrogen-bond acceptors (Lipinski definition) is 3. The van der Waals surface area contributed by atoms with Gasteiger partial charge in [-0.25, -0.2) is 0 Å². The van der Waals surface area contributed by atoms with Gasteiger partial charge in [0.15, 0.2) is 0 Å². The van der Waals surface area contributed by atoms with Gasteiger partial charge in [0.1, 0.15) is 0 Å². The minimum Gasteiger partial charge on any atom is -0.271 e. The van der Waals surface area contributed by atoms with E-state index in [9.17, 15) is 0 Å². The zero-order valence-electron chi connectivity index (χ0n) is 11.2. The molecule has 0 aliphatic rings. The van der Waals surface area contributed by atoms with Crippen LogP contribution in [0.3, 0.4) is 0 Å². The molecule has 0 fully saturated rings. The summed E-state index contributed by atoms with van der Waals surface area (Å²) in [4.78, 5) is 0. The predicted octanol–water partition coefficient (Wildman–Crippen LogP) is 2.61. The van der Waals surface area contributed by atoms with Crippen molar-refractivity contribution in [2.24, 2.45) is 5.84 Å². The third kappa shape index (κ3) is 3.15. The van der Waals surface area contributed by atoms with Crippen LogP contribution in [-0.4, -0.2) is 9.78 Å². The number of aromatic nitrogens is 2.